The second-order valence-corrected chi connectivity index (χ2v) is 7.38. The summed E-state index contributed by atoms with van der Waals surface area (Å²) in [5, 5.41) is 10.0. The molecule has 1 aromatic carbocycles. The van der Waals surface area contributed by atoms with Gasteiger partial charge in [-0.1, -0.05) is 18.2 Å². The molecule has 0 saturated carbocycles. The summed E-state index contributed by atoms with van der Waals surface area (Å²) in [7, 11) is -0.412. The van der Waals surface area contributed by atoms with Crippen LogP contribution in [-0.2, 0) is 9.31 Å². The zero-order valence-corrected chi connectivity index (χ0v) is 13.9. The monoisotopic (exact) mass is 312 g/mol. The van der Waals surface area contributed by atoms with Crippen LogP contribution in [-0.4, -0.2) is 23.3 Å². The lowest BCUT2D eigenvalue weighted by Gasteiger charge is -2.32. The first-order valence-electron chi connectivity index (χ1n) is 7.15. The molecule has 1 aliphatic rings. The largest absolute Gasteiger partial charge is 0.507 e. The van der Waals surface area contributed by atoms with Gasteiger partial charge >= 0.3 is 7.12 Å². The normalized spacial score (nSPS) is 19.1. The van der Waals surface area contributed by atoms with Gasteiger partial charge in [-0.25, -0.2) is 4.98 Å². The van der Waals surface area contributed by atoms with Gasteiger partial charge in [0.2, 0.25) is 0 Å². The van der Waals surface area contributed by atoms with Gasteiger partial charge in [-0.15, -0.1) is 11.3 Å². The van der Waals surface area contributed by atoms with Crippen LogP contribution in [0.2, 0.25) is 0 Å². The van der Waals surface area contributed by atoms with Crippen LogP contribution in [0.4, 0.5) is 0 Å². The minimum Gasteiger partial charge on any atom is -0.399 e. The summed E-state index contributed by atoms with van der Waals surface area (Å²) in [4.78, 5) is 4.44. The lowest BCUT2D eigenvalue weighted by atomic mass is 9.89. The van der Waals surface area contributed by atoms with Crippen LogP contribution >= 0.6 is 11.3 Å². The molecule has 1 fully saturated rings. The molecular formula is C16H17BN2O2S. The van der Waals surface area contributed by atoms with Crippen LogP contribution in [0.15, 0.2) is 30.5 Å². The summed E-state index contributed by atoms with van der Waals surface area (Å²) >= 11 is 1.50. The Hall–Kier alpha value is -1.68. The number of aromatic nitrogens is 1. The van der Waals surface area contributed by atoms with Crippen molar-refractivity contribution in [3.05, 3.63) is 36.0 Å². The first-order valence-corrected chi connectivity index (χ1v) is 7.96. The first-order chi connectivity index (χ1) is 10.3. The fraction of sp³-hybridized carbons (Fsp3) is 0.375. The predicted molar refractivity (Wildman–Crippen MR) is 88.0 cm³/mol. The standard InChI is InChI=1S/C16H17BN2O2S/c1-15(2)16(3,4)21-17(20-15)13-10-19-14(22-13)12-8-6-5-7-11(12)9-18/h5-8,10H,1-4H3. The Balaban J connectivity index is 1.92. The molecule has 2 heterocycles. The highest BCUT2D eigenvalue weighted by atomic mass is 32.1. The number of hydrogen-bond acceptors (Lipinski definition) is 5. The molecule has 4 nitrogen and oxygen atoms in total. The average molecular weight is 312 g/mol. The van der Waals surface area contributed by atoms with Crippen molar-refractivity contribution in [1.82, 2.24) is 4.98 Å². The van der Waals surface area contributed by atoms with Crippen molar-refractivity contribution in [2.24, 2.45) is 0 Å². The molecule has 1 aromatic heterocycles. The Morgan fingerprint density at radius 1 is 1.14 bits per heavy atom. The minimum absolute atomic E-state index is 0.369. The van der Waals surface area contributed by atoms with Crippen molar-refractivity contribution in [1.29, 1.82) is 5.26 Å². The third-order valence-corrected chi connectivity index (χ3v) is 5.34. The van der Waals surface area contributed by atoms with E-state index in [0.717, 1.165) is 15.3 Å². The highest BCUT2D eigenvalue weighted by Crippen LogP contribution is 2.37. The fourth-order valence-electron chi connectivity index (χ4n) is 2.25. The molecule has 0 amide bonds. The predicted octanol–water partition coefficient (Wildman–Crippen LogP) is 2.98. The van der Waals surface area contributed by atoms with E-state index in [1.54, 1.807) is 12.3 Å². The number of nitrogens with zero attached hydrogens (tertiary/aromatic N) is 2. The van der Waals surface area contributed by atoms with Gasteiger partial charge in [0.05, 0.1) is 27.6 Å². The van der Waals surface area contributed by atoms with Gasteiger partial charge in [0.1, 0.15) is 5.01 Å². The summed E-state index contributed by atoms with van der Waals surface area (Å²) in [6.45, 7) is 8.11. The minimum atomic E-state index is -0.412. The van der Waals surface area contributed by atoms with Crippen molar-refractivity contribution < 1.29 is 9.31 Å². The summed E-state index contributed by atoms with van der Waals surface area (Å²) in [6.07, 6.45) is 1.77. The van der Waals surface area contributed by atoms with E-state index in [1.807, 2.05) is 45.9 Å². The molecule has 0 spiro atoms. The Kier molecular flexibility index (Phi) is 3.60. The van der Waals surface area contributed by atoms with E-state index in [-0.39, 0.29) is 11.2 Å². The zero-order chi connectivity index (χ0) is 16.0. The average Bonchev–Trinajstić information content (AvgIpc) is 3.02. The number of hydrogen-bond donors (Lipinski definition) is 0. The molecule has 3 rings (SSSR count). The molecule has 1 saturated heterocycles. The number of benzene rings is 1. The summed E-state index contributed by atoms with van der Waals surface area (Å²) < 4.78 is 13.0. The quantitative estimate of drug-likeness (QED) is 0.800. The number of rotatable bonds is 2. The van der Waals surface area contributed by atoms with Gasteiger partial charge in [-0.05, 0) is 33.8 Å². The van der Waals surface area contributed by atoms with Crippen LogP contribution in [0.3, 0.4) is 0 Å². The van der Waals surface area contributed by atoms with Gasteiger partial charge in [-0.3, -0.25) is 0 Å². The molecule has 0 unspecified atom stereocenters. The second-order valence-electron chi connectivity index (χ2n) is 6.31. The zero-order valence-electron chi connectivity index (χ0n) is 13.1. The maximum absolute atomic E-state index is 9.21. The molecule has 112 valence electrons. The summed E-state index contributed by atoms with van der Waals surface area (Å²) in [6, 6.07) is 9.67. The first kappa shape index (κ1) is 15.2. The molecule has 0 aliphatic carbocycles. The topological polar surface area (TPSA) is 55.1 Å². The van der Waals surface area contributed by atoms with E-state index in [9.17, 15) is 5.26 Å². The Bertz CT molecular complexity index is 733. The number of nitriles is 1. The van der Waals surface area contributed by atoms with E-state index >= 15 is 0 Å². The van der Waals surface area contributed by atoms with E-state index in [4.69, 9.17) is 9.31 Å². The Morgan fingerprint density at radius 2 is 1.77 bits per heavy atom. The van der Waals surface area contributed by atoms with Gasteiger partial charge in [-0.2, -0.15) is 5.26 Å². The molecule has 6 heteroatoms. The van der Waals surface area contributed by atoms with Crippen LogP contribution < -0.4 is 4.78 Å². The summed E-state index contributed by atoms with van der Waals surface area (Å²) in [5.41, 5.74) is 0.730. The van der Waals surface area contributed by atoms with Crippen LogP contribution in [0.25, 0.3) is 10.6 Å². The van der Waals surface area contributed by atoms with Crippen LogP contribution in [0.1, 0.15) is 33.3 Å². The second kappa shape index (κ2) is 5.20. The molecular weight excluding hydrogens is 295 g/mol. The van der Waals surface area contributed by atoms with Gasteiger partial charge in [0.25, 0.3) is 0 Å². The molecule has 0 bridgehead atoms. The van der Waals surface area contributed by atoms with Gasteiger partial charge < -0.3 is 9.31 Å². The molecule has 0 atom stereocenters. The number of thiazole rings is 1. The molecule has 22 heavy (non-hydrogen) atoms. The van der Waals surface area contributed by atoms with Crippen LogP contribution in [0.5, 0.6) is 0 Å². The maximum atomic E-state index is 9.21. The van der Waals surface area contributed by atoms with Crippen LogP contribution in [0, 0.1) is 11.3 Å². The van der Waals surface area contributed by atoms with E-state index in [1.165, 1.54) is 11.3 Å². The van der Waals surface area contributed by atoms with Crippen molar-refractivity contribution in [2.75, 3.05) is 0 Å². The molecule has 1 aliphatic heterocycles. The fourth-order valence-corrected chi connectivity index (χ4v) is 3.16. The van der Waals surface area contributed by atoms with Gasteiger partial charge in [0.15, 0.2) is 0 Å². The smallest absolute Gasteiger partial charge is 0.399 e. The summed E-state index contributed by atoms with van der Waals surface area (Å²) in [5.74, 6) is 0. The Labute approximate surface area is 134 Å². The van der Waals surface area contributed by atoms with Crippen molar-refractivity contribution in [3.63, 3.8) is 0 Å². The van der Waals surface area contributed by atoms with E-state index < -0.39 is 7.12 Å². The van der Waals surface area contributed by atoms with E-state index in [2.05, 4.69) is 11.1 Å². The third-order valence-electron chi connectivity index (χ3n) is 4.29. The van der Waals surface area contributed by atoms with Crippen molar-refractivity contribution in [2.45, 2.75) is 38.9 Å². The molecule has 0 radical (unpaired) electrons. The Morgan fingerprint density at radius 3 is 2.41 bits per heavy atom. The maximum Gasteiger partial charge on any atom is 0.507 e. The highest BCUT2D eigenvalue weighted by Gasteiger charge is 2.52. The molecule has 0 N–H and O–H groups in total. The lowest BCUT2D eigenvalue weighted by Crippen LogP contribution is -2.41. The lowest BCUT2D eigenvalue weighted by molar-refractivity contribution is 0.00578. The molecule has 2 aromatic rings. The SMILES string of the molecule is CC1(C)OB(c2cnc(-c3ccccc3C#N)s2)OC1(C)C. The van der Waals surface area contributed by atoms with Crippen molar-refractivity contribution >= 4 is 23.2 Å². The third kappa shape index (κ3) is 2.46. The highest BCUT2D eigenvalue weighted by molar-refractivity contribution is 7.24. The van der Waals surface area contributed by atoms with Crippen molar-refractivity contribution in [3.8, 4) is 16.6 Å². The van der Waals surface area contributed by atoms with Gasteiger partial charge in [0, 0.05) is 11.8 Å². The van der Waals surface area contributed by atoms with E-state index in [0.29, 0.717) is 5.56 Å².